The lowest BCUT2D eigenvalue weighted by molar-refractivity contribution is -0.140. The summed E-state index contributed by atoms with van der Waals surface area (Å²) in [5, 5.41) is 3.00. The number of nitrogens with zero attached hydrogens (tertiary/aromatic N) is 4. The first kappa shape index (κ1) is 29.7. The number of likely N-dealkylation sites (N-methyl/N-ethyl adjacent to an activating group) is 1. The van der Waals surface area contributed by atoms with Crippen LogP contribution in [-0.2, 0) is 14.3 Å². The van der Waals surface area contributed by atoms with E-state index >= 15 is 0 Å². The van der Waals surface area contributed by atoms with Gasteiger partial charge in [0.1, 0.15) is 12.6 Å². The van der Waals surface area contributed by atoms with Crippen LogP contribution in [0.1, 0.15) is 62.9 Å². The zero-order valence-corrected chi connectivity index (χ0v) is 25.9. The van der Waals surface area contributed by atoms with Crippen LogP contribution in [0.4, 0.5) is 5.13 Å². The molecule has 2 aromatic rings. The standard InChI is InChI=1S/C31H43N5O4S/c1-7-31(4,5)25(29(39)36-15-22(18(2)3)27-26(36)24(37)16-40-27)21-14-19(8-9-20(21)28(32)38)23-17-41-30(33-23)35-12-10-34(6)11-13-35/h8-9,14,17-18,22,25-27H,7,10-13,15-16H2,1-6H3,(H2,32,38)/t22-,25-,26+,27+/m0/s1. The maximum atomic E-state index is 14.6. The molecular weight excluding hydrogens is 538 g/mol. The van der Waals surface area contributed by atoms with E-state index in [2.05, 4.69) is 30.7 Å². The third-order valence-corrected chi connectivity index (χ3v) is 10.4. The quantitative estimate of drug-likeness (QED) is 0.507. The van der Waals surface area contributed by atoms with Gasteiger partial charge in [-0.2, -0.15) is 0 Å². The van der Waals surface area contributed by atoms with Crippen molar-refractivity contribution in [2.24, 2.45) is 23.0 Å². The molecule has 9 nitrogen and oxygen atoms in total. The second kappa shape index (κ2) is 11.5. The van der Waals surface area contributed by atoms with Crippen molar-refractivity contribution in [2.75, 3.05) is 51.3 Å². The third kappa shape index (κ3) is 5.53. The maximum Gasteiger partial charge on any atom is 0.249 e. The minimum absolute atomic E-state index is 0.0334. The fourth-order valence-corrected chi connectivity index (χ4v) is 7.38. The lowest BCUT2D eigenvalue weighted by atomic mass is 9.70. The molecule has 5 rings (SSSR count). The number of ketones is 1. The highest BCUT2D eigenvalue weighted by Gasteiger charge is 2.55. The van der Waals surface area contributed by atoms with Crippen LogP contribution < -0.4 is 10.6 Å². The molecule has 10 heteroatoms. The van der Waals surface area contributed by atoms with Crippen molar-refractivity contribution in [3.8, 4) is 11.3 Å². The van der Waals surface area contributed by atoms with E-state index in [1.165, 1.54) is 0 Å². The number of anilines is 1. The molecule has 0 aliphatic carbocycles. The van der Waals surface area contributed by atoms with Crippen LogP contribution in [0.3, 0.4) is 0 Å². The number of aromatic nitrogens is 1. The second-order valence-electron chi connectivity index (χ2n) is 12.8. The van der Waals surface area contributed by atoms with Gasteiger partial charge in [-0.1, -0.05) is 40.7 Å². The summed E-state index contributed by atoms with van der Waals surface area (Å²) in [4.78, 5) is 51.6. The predicted molar refractivity (Wildman–Crippen MR) is 161 cm³/mol. The molecule has 4 heterocycles. The van der Waals surface area contributed by atoms with Crippen molar-refractivity contribution in [1.29, 1.82) is 0 Å². The van der Waals surface area contributed by atoms with Gasteiger partial charge in [0.15, 0.2) is 10.9 Å². The summed E-state index contributed by atoms with van der Waals surface area (Å²) in [5.41, 5.74) is 7.95. The second-order valence-corrected chi connectivity index (χ2v) is 13.7. The third-order valence-electron chi connectivity index (χ3n) is 9.49. The van der Waals surface area contributed by atoms with Crippen LogP contribution in [0.5, 0.6) is 0 Å². The van der Waals surface area contributed by atoms with Gasteiger partial charge in [-0.15, -0.1) is 11.3 Å². The van der Waals surface area contributed by atoms with E-state index in [4.69, 9.17) is 15.5 Å². The highest BCUT2D eigenvalue weighted by atomic mass is 32.1. The minimum Gasteiger partial charge on any atom is -0.367 e. The number of hydrogen-bond acceptors (Lipinski definition) is 8. The van der Waals surface area contributed by atoms with E-state index in [9.17, 15) is 14.4 Å². The van der Waals surface area contributed by atoms with Crippen LogP contribution in [0.15, 0.2) is 23.6 Å². The Kier molecular flexibility index (Phi) is 8.29. The number of fused-ring (bicyclic) bond motifs is 1. The number of Topliss-reactive ketones (excluding diaryl/α,β-unsaturated/α-hetero) is 1. The molecule has 0 bridgehead atoms. The number of amides is 2. The van der Waals surface area contributed by atoms with Gasteiger partial charge >= 0.3 is 0 Å². The first-order chi connectivity index (χ1) is 19.4. The Morgan fingerprint density at radius 2 is 1.90 bits per heavy atom. The van der Waals surface area contributed by atoms with Crippen LogP contribution in [0, 0.1) is 17.3 Å². The summed E-state index contributed by atoms with van der Waals surface area (Å²) in [6.45, 7) is 14.7. The van der Waals surface area contributed by atoms with Gasteiger partial charge < -0.3 is 25.2 Å². The zero-order chi connectivity index (χ0) is 29.6. The van der Waals surface area contributed by atoms with Crippen LogP contribution in [0.25, 0.3) is 11.3 Å². The molecule has 2 N–H and O–H groups in total. The average molecular weight is 582 g/mol. The fraction of sp³-hybridized carbons (Fsp3) is 0.613. The molecule has 0 saturated carbocycles. The molecule has 4 atom stereocenters. The molecule has 41 heavy (non-hydrogen) atoms. The Balaban J connectivity index is 1.55. The van der Waals surface area contributed by atoms with Crippen molar-refractivity contribution >= 4 is 34.1 Å². The molecule has 0 radical (unpaired) electrons. The topological polar surface area (TPSA) is 109 Å². The Hall–Kier alpha value is -2.82. The molecule has 0 spiro atoms. The Labute approximate surface area is 247 Å². The number of nitrogens with two attached hydrogens (primary N) is 1. The first-order valence-electron chi connectivity index (χ1n) is 14.7. The number of piperazine rings is 1. The van der Waals surface area contributed by atoms with E-state index in [0.717, 1.165) is 42.6 Å². The Morgan fingerprint density at radius 1 is 1.20 bits per heavy atom. The predicted octanol–water partition coefficient (Wildman–Crippen LogP) is 3.63. The zero-order valence-electron chi connectivity index (χ0n) is 25.1. The monoisotopic (exact) mass is 581 g/mol. The lowest BCUT2D eigenvalue weighted by Crippen LogP contribution is -2.47. The van der Waals surface area contributed by atoms with Gasteiger partial charge in [0.05, 0.1) is 17.7 Å². The smallest absolute Gasteiger partial charge is 0.249 e. The average Bonchev–Trinajstić information content (AvgIpc) is 3.66. The number of benzene rings is 1. The SMILES string of the molecule is CCC(C)(C)[C@H](C(=O)N1C[C@@H](C(C)C)[C@H]2OCC(=O)[C@H]21)c1cc(-c2csc(N3CCN(C)CC3)n2)ccc1C(N)=O. The maximum absolute atomic E-state index is 14.6. The van der Waals surface area contributed by atoms with Gasteiger partial charge in [-0.05, 0) is 42.5 Å². The molecule has 1 aromatic heterocycles. The van der Waals surface area contributed by atoms with Gasteiger partial charge in [0, 0.05) is 55.1 Å². The van der Waals surface area contributed by atoms with E-state index in [-0.39, 0.29) is 36.2 Å². The van der Waals surface area contributed by atoms with Gasteiger partial charge in [0.25, 0.3) is 0 Å². The number of likely N-dealkylation sites (tertiary alicyclic amines) is 1. The van der Waals surface area contributed by atoms with Gasteiger partial charge in [0.2, 0.25) is 11.8 Å². The highest BCUT2D eigenvalue weighted by molar-refractivity contribution is 7.14. The fourth-order valence-electron chi connectivity index (χ4n) is 6.49. The van der Waals surface area contributed by atoms with Crippen molar-refractivity contribution in [1.82, 2.24) is 14.8 Å². The molecule has 222 valence electrons. The van der Waals surface area contributed by atoms with Crippen molar-refractivity contribution in [3.05, 3.63) is 34.7 Å². The number of ether oxygens (including phenoxy) is 1. The number of rotatable bonds is 8. The summed E-state index contributed by atoms with van der Waals surface area (Å²) in [7, 11) is 2.13. The van der Waals surface area contributed by atoms with E-state index in [1.54, 1.807) is 22.3 Å². The van der Waals surface area contributed by atoms with E-state index < -0.39 is 23.3 Å². The van der Waals surface area contributed by atoms with Crippen LogP contribution >= 0.6 is 11.3 Å². The largest absolute Gasteiger partial charge is 0.367 e. The summed E-state index contributed by atoms with van der Waals surface area (Å²) >= 11 is 1.61. The molecular formula is C31H43N5O4S. The van der Waals surface area contributed by atoms with Gasteiger partial charge in [-0.3, -0.25) is 14.4 Å². The molecule has 2 amide bonds. The number of thiazole rings is 1. The first-order valence-corrected chi connectivity index (χ1v) is 15.6. The van der Waals surface area contributed by atoms with Crippen LogP contribution in [0.2, 0.25) is 0 Å². The normalized spacial score (nSPS) is 24.3. The molecule has 1 aromatic carbocycles. The lowest BCUT2D eigenvalue weighted by Gasteiger charge is -2.37. The van der Waals surface area contributed by atoms with Crippen molar-refractivity contribution in [3.63, 3.8) is 0 Å². The number of primary amides is 1. The Bertz CT molecular complexity index is 1320. The molecule has 3 aliphatic rings. The van der Waals surface area contributed by atoms with E-state index in [0.29, 0.717) is 24.1 Å². The molecule has 0 unspecified atom stereocenters. The highest BCUT2D eigenvalue weighted by Crippen LogP contribution is 2.45. The summed E-state index contributed by atoms with van der Waals surface area (Å²) < 4.78 is 5.91. The number of hydrogen-bond donors (Lipinski definition) is 1. The molecule has 3 saturated heterocycles. The molecule has 3 fully saturated rings. The summed E-state index contributed by atoms with van der Waals surface area (Å²) in [6.07, 6.45) is 0.401. The van der Waals surface area contributed by atoms with Crippen LogP contribution in [-0.4, -0.2) is 90.9 Å². The minimum atomic E-state index is -0.675. The molecule has 3 aliphatic heterocycles. The van der Waals surface area contributed by atoms with Gasteiger partial charge in [-0.25, -0.2) is 4.98 Å². The van der Waals surface area contributed by atoms with Crippen molar-refractivity contribution in [2.45, 2.75) is 59.1 Å². The Morgan fingerprint density at radius 3 is 2.54 bits per heavy atom. The number of carbonyl (C=O) groups excluding carboxylic acids is 3. The summed E-state index contributed by atoms with van der Waals surface area (Å²) in [5.74, 6) is -1.12. The summed E-state index contributed by atoms with van der Waals surface area (Å²) in [6, 6.07) is 4.92. The van der Waals surface area contributed by atoms with E-state index in [1.807, 2.05) is 38.3 Å². The number of carbonyl (C=O) groups is 3. The van der Waals surface area contributed by atoms with Crippen molar-refractivity contribution < 1.29 is 19.1 Å².